The third-order valence-electron chi connectivity index (χ3n) is 0.870. The summed E-state index contributed by atoms with van der Waals surface area (Å²) >= 11 is 0. The van der Waals surface area contributed by atoms with Crippen LogP contribution in [0.2, 0.25) is 6.32 Å². The van der Waals surface area contributed by atoms with Gasteiger partial charge in [0.15, 0.2) is 0 Å². The van der Waals surface area contributed by atoms with Crippen molar-refractivity contribution in [1.82, 2.24) is 0 Å². The van der Waals surface area contributed by atoms with Gasteiger partial charge in [0.05, 0.1) is 13.6 Å². The molecule has 0 unspecified atom stereocenters. The minimum absolute atomic E-state index is 0. The van der Waals surface area contributed by atoms with Gasteiger partial charge in [-0.05, 0) is 13.8 Å². The summed E-state index contributed by atoms with van der Waals surface area (Å²) in [5.74, 6) is -0.125. The van der Waals surface area contributed by atoms with Gasteiger partial charge in [-0.3, -0.25) is 9.59 Å². The van der Waals surface area contributed by atoms with Crippen LogP contribution in [0.1, 0.15) is 27.2 Å². The molecule has 0 saturated heterocycles. The molecule has 0 aromatic heterocycles. The summed E-state index contributed by atoms with van der Waals surface area (Å²) in [5, 5.41) is 0. The Bertz CT molecular complexity index is 128. The molecule has 0 aliphatic rings. The van der Waals surface area contributed by atoms with Crippen LogP contribution >= 0.6 is 0 Å². The molecule has 0 aliphatic heterocycles. The number of carbonyl (C=O) groups excluding carboxylic acids is 2. The molecule has 0 fully saturated rings. The second kappa shape index (κ2) is 14.7. The topological polar surface area (TPSA) is 34.1 Å². The van der Waals surface area contributed by atoms with E-state index in [1.54, 1.807) is 7.06 Å². The number of carbonyl (C=O) groups is 2. The quantitative estimate of drug-likeness (QED) is 0.545. The largest absolute Gasteiger partial charge is 0.300 e. The molecule has 13 heavy (non-hydrogen) atoms. The van der Waals surface area contributed by atoms with E-state index < -0.39 is 0 Å². The number of Topliss-reactive ketones (excluding diaryl/α,β-unsaturated/α-hetero) is 2. The molecule has 0 aromatic carbocycles. The monoisotopic (exact) mass is 268 g/mol. The number of rotatable bonds is 4. The van der Waals surface area contributed by atoms with Gasteiger partial charge in [0.2, 0.25) is 0 Å². The van der Waals surface area contributed by atoms with E-state index in [1.165, 1.54) is 13.8 Å². The summed E-state index contributed by atoms with van der Waals surface area (Å²) in [4.78, 5) is 20.1. The summed E-state index contributed by atoms with van der Waals surface area (Å²) in [6.45, 7) is 4.85. The van der Waals surface area contributed by atoms with Gasteiger partial charge < -0.3 is 0 Å². The molecule has 0 spiro atoms. The van der Waals surface area contributed by atoms with Crippen molar-refractivity contribution < 1.29 is 30.0 Å². The maximum Gasteiger partial charge on any atom is 0.137 e. The van der Waals surface area contributed by atoms with Gasteiger partial charge in [0, 0.05) is 35.2 Å². The molecule has 72 valence electrons. The Morgan fingerprint density at radius 3 is 1.62 bits per heavy atom. The van der Waals surface area contributed by atoms with E-state index in [9.17, 15) is 9.59 Å². The van der Waals surface area contributed by atoms with Crippen LogP contribution in [0.5, 0.6) is 0 Å². The Balaban J connectivity index is -0.000000150. The van der Waals surface area contributed by atoms with Gasteiger partial charge in [0.25, 0.3) is 0 Å². The Hall–Kier alpha value is 0.197. The molecule has 0 atom stereocenters. The summed E-state index contributed by atoms with van der Waals surface area (Å²) < 4.78 is 0. The second-order valence-electron chi connectivity index (χ2n) is 2.42. The molecular formula is C7H13B3O2Pd. The van der Waals surface area contributed by atoms with Crippen LogP contribution in [0, 0.1) is 0 Å². The molecule has 4 radical (unpaired) electrons. The zero-order chi connectivity index (χ0) is 9.98. The van der Waals surface area contributed by atoms with Crippen molar-refractivity contribution in [2.24, 2.45) is 0 Å². The maximum atomic E-state index is 10.0. The molecule has 0 N–H and O–H groups in total. The predicted molar refractivity (Wildman–Crippen MR) is 53.7 cm³/mol. The van der Waals surface area contributed by atoms with Gasteiger partial charge in [-0.2, -0.15) is 0 Å². The smallest absolute Gasteiger partial charge is 0.137 e. The van der Waals surface area contributed by atoms with E-state index in [1.807, 2.05) is 14.1 Å². The van der Waals surface area contributed by atoms with Crippen LogP contribution in [0.4, 0.5) is 0 Å². The van der Waals surface area contributed by atoms with Crippen LogP contribution < -0.4 is 0 Å². The van der Waals surface area contributed by atoms with Gasteiger partial charge in [-0.1, -0.05) is 13.2 Å². The molecule has 0 bridgehead atoms. The Morgan fingerprint density at radius 1 is 1.23 bits per heavy atom. The van der Waals surface area contributed by atoms with Crippen molar-refractivity contribution in [1.29, 1.82) is 0 Å². The van der Waals surface area contributed by atoms with Gasteiger partial charge in [-0.25, -0.2) is 0 Å². The number of hydrogen-bond donors (Lipinski definition) is 0. The van der Waals surface area contributed by atoms with Crippen LogP contribution in [0.3, 0.4) is 0 Å². The summed E-state index contributed by atoms with van der Waals surface area (Å²) in [7, 11) is 8.42. The van der Waals surface area contributed by atoms with Crippen molar-refractivity contribution in [2.75, 3.05) is 0 Å². The second-order valence-corrected chi connectivity index (χ2v) is 2.42. The first-order valence-electron chi connectivity index (χ1n) is 3.90. The van der Waals surface area contributed by atoms with Gasteiger partial charge in [-0.15, -0.1) is 0 Å². The average molecular weight is 268 g/mol. The molecule has 2 nitrogen and oxygen atoms in total. The standard InChI is InChI=1S/C5H8O2.C2H5B3.Pd/c1-4(6)3-5(2)7;1-2-4-5-3;/h3H2,1-2H3;2H2,1H3;. The fraction of sp³-hybridized carbons (Fsp3) is 0.714. The van der Waals surface area contributed by atoms with Crippen LogP contribution in [0.15, 0.2) is 0 Å². The van der Waals surface area contributed by atoms with E-state index in [4.69, 9.17) is 7.74 Å². The van der Waals surface area contributed by atoms with Gasteiger partial charge >= 0.3 is 0 Å². The van der Waals surface area contributed by atoms with E-state index in [0.29, 0.717) is 0 Å². The molecule has 0 rings (SSSR count). The van der Waals surface area contributed by atoms with Crippen molar-refractivity contribution in [3.63, 3.8) is 0 Å². The van der Waals surface area contributed by atoms with Crippen LogP contribution in [-0.4, -0.2) is 33.5 Å². The minimum atomic E-state index is -0.0625. The fourth-order valence-corrected chi connectivity index (χ4v) is 0.487. The first-order valence-corrected chi connectivity index (χ1v) is 3.90. The Morgan fingerprint density at radius 2 is 1.62 bits per heavy atom. The summed E-state index contributed by atoms with van der Waals surface area (Å²) in [5.41, 5.74) is 0. The third-order valence-corrected chi connectivity index (χ3v) is 0.870. The molecule has 0 saturated carbocycles. The predicted octanol–water partition coefficient (Wildman–Crippen LogP) is 0.383. The van der Waals surface area contributed by atoms with Crippen molar-refractivity contribution >= 4 is 33.5 Å². The van der Waals surface area contributed by atoms with Crippen LogP contribution in [-0.2, 0) is 30.0 Å². The minimum Gasteiger partial charge on any atom is -0.300 e. The first-order chi connectivity index (χ1) is 5.54. The van der Waals surface area contributed by atoms with E-state index in [-0.39, 0.29) is 38.4 Å². The first kappa shape index (κ1) is 18.9. The van der Waals surface area contributed by atoms with Crippen molar-refractivity contribution in [2.45, 2.75) is 33.5 Å². The molecular weight excluding hydrogens is 255 g/mol. The van der Waals surface area contributed by atoms with Gasteiger partial charge in [0.1, 0.15) is 11.6 Å². The number of hydrogen-bond acceptors (Lipinski definition) is 2. The molecule has 0 amide bonds. The molecule has 0 aromatic rings. The maximum absolute atomic E-state index is 10.0. The summed E-state index contributed by atoms with van der Waals surface area (Å²) in [6, 6.07) is 0. The third kappa shape index (κ3) is 33.0. The van der Waals surface area contributed by atoms with Crippen LogP contribution in [0.25, 0.3) is 0 Å². The van der Waals surface area contributed by atoms with Crippen molar-refractivity contribution in [3.8, 4) is 0 Å². The van der Waals surface area contributed by atoms with E-state index >= 15 is 0 Å². The molecule has 0 heterocycles. The number of ketones is 2. The van der Waals surface area contributed by atoms with E-state index in [2.05, 4.69) is 0 Å². The normalized spacial score (nSPS) is 7.00. The molecule has 0 aliphatic carbocycles. The summed E-state index contributed by atoms with van der Waals surface area (Å²) in [6.07, 6.45) is 1.12. The zero-order valence-electron chi connectivity index (χ0n) is 8.28. The average Bonchev–Trinajstić information content (AvgIpc) is 1.87. The van der Waals surface area contributed by atoms with Crippen molar-refractivity contribution in [3.05, 3.63) is 0 Å². The SMILES string of the molecule is CC(=O)CC(C)=O.[B][B][B]CC.[Pd]. The Labute approximate surface area is 97.1 Å². The zero-order valence-corrected chi connectivity index (χ0v) is 9.83. The fourth-order valence-electron chi connectivity index (χ4n) is 0.487. The molecule has 6 heteroatoms. The Kier molecular flexibility index (Phi) is 21.4. The van der Waals surface area contributed by atoms with E-state index in [0.717, 1.165) is 6.32 Å².